The second-order valence-electron chi connectivity index (χ2n) is 4.02. The molecule has 0 saturated carbocycles. The molecule has 0 aliphatic heterocycles. The minimum Gasteiger partial charge on any atom is -0.330 e. The Morgan fingerprint density at radius 1 is 0.643 bits per heavy atom. The molecule has 0 rings (SSSR count). The number of rotatable bonds is 10. The highest BCUT2D eigenvalue weighted by Crippen LogP contribution is 2.14. The van der Waals surface area contributed by atoms with Crippen molar-refractivity contribution in [1.29, 1.82) is 0 Å². The predicted molar refractivity (Wildman–Crippen MR) is 63.0 cm³/mol. The minimum atomic E-state index is 0.691. The summed E-state index contributed by atoms with van der Waals surface area (Å²) in [4.78, 5) is 0. The van der Waals surface area contributed by atoms with Crippen molar-refractivity contribution in [3.63, 3.8) is 0 Å². The summed E-state index contributed by atoms with van der Waals surface area (Å²) in [5.74, 6) is 0.691. The van der Waals surface area contributed by atoms with E-state index in [9.17, 15) is 0 Å². The Kier molecular flexibility index (Phi) is 10.9. The second-order valence-corrected chi connectivity index (χ2v) is 4.02. The van der Waals surface area contributed by atoms with Gasteiger partial charge in [-0.15, -0.1) is 0 Å². The molecule has 1 atom stereocenters. The Balaban J connectivity index is 3.24. The maximum absolute atomic E-state index is 5.69. The van der Waals surface area contributed by atoms with Crippen molar-refractivity contribution in [3.05, 3.63) is 0 Å². The number of hydrogen-bond donors (Lipinski definition) is 3. The van der Waals surface area contributed by atoms with Crippen LogP contribution >= 0.6 is 0 Å². The Hall–Kier alpha value is -0.120. The molecule has 0 spiro atoms. The molecule has 0 amide bonds. The van der Waals surface area contributed by atoms with Gasteiger partial charge in [0.25, 0.3) is 0 Å². The van der Waals surface area contributed by atoms with Gasteiger partial charge < -0.3 is 17.2 Å². The molecule has 14 heavy (non-hydrogen) atoms. The number of hydrogen-bond acceptors (Lipinski definition) is 3. The maximum atomic E-state index is 5.69. The van der Waals surface area contributed by atoms with Gasteiger partial charge >= 0.3 is 0 Å². The van der Waals surface area contributed by atoms with Crippen LogP contribution in [0.3, 0.4) is 0 Å². The van der Waals surface area contributed by atoms with Crippen molar-refractivity contribution >= 4 is 0 Å². The zero-order chi connectivity index (χ0) is 10.6. The number of unbranched alkanes of at least 4 members (excludes halogenated alkanes) is 3. The van der Waals surface area contributed by atoms with Crippen LogP contribution in [-0.4, -0.2) is 19.6 Å². The SMILES string of the molecule is NCCCCCCC(CN)CCCN. The first kappa shape index (κ1) is 13.9. The Labute approximate surface area is 88.4 Å². The molecule has 1 unspecified atom stereocenters. The normalized spacial score (nSPS) is 13.1. The zero-order valence-electron chi connectivity index (χ0n) is 9.38. The molecule has 0 aliphatic rings. The first-order valence-corrected chi connectivity index (χ1v) is 5.95. The molecule has 3 nitrogen and oxygen atoms in total. The van der Waals surface area contributed by atoms with Gasteiger partial charge in [0.15, 0.2) is 0 Å². The van der Waals surface area contributed by atoms with Crippen LogP contribution in [0.25, 0.3) is 0 Å². The van der Waals surface area contributed by atoms with Crippen molar-refractivity contribution in [1.82, 2.24) is 0 Å². The van der Waals surface area contributed by atoms with Crippen molar-refractivity contribution in [2.45, 2.75) is 44.9 Å². The molecule has 86 valence electrons. The van der Waals surface area contributed by atoms with E-state index in [1.807, 2.05) is 0 Å². The molecular weight excluding hydrogens is 174 g/mol. The van der Waals surface area contributed by atoms with Crippen molar-refractivity contribution < 1.29 is 0 Å². The minimum absolute atomic E-state index is 0.691. The van der Waals surface area contributed by atoms with Gasteiger partial charge in [0, 0.05) is 0 Å². The Bertz CT molecular complexity index is 107. The molecule has 0 aromatic rings. The fourth-order valence-electron chi connectivity index (χ4n) is 1.72. The van der Waals surface area contributed by atoms with E-state index in [0.29, 0.717) is 5.92 Å². The molecule has 0 aromatic heterocycles. The van der Waals surface area contributed by atoms with Crippen LogP contribution < -0.4 is 17.2 Å². The molecule has 0 heterocycles. The van der Waals surface area contributed by atoms with Crippen molar-refractivity contribution in [2.75, 3.05) is 19.6 Å². The highest BCUT2D eigenvalue weighted by atomic mass is 14.6. The van der Waals surface area contributed by atoms with Gasteiger partial charge in [0.1, 0.15) is 0 Å². The molecule has 0 bridgehead atoms. The summed E-state index contributed by atoms with van der Waals surface area (Å²) in [6.07, 6.45) is 8.61. The van der Waals surface area contributed by atoms with E-state index < -0.39 is 0 Å². The van der Waals surface area contributed by atoms with E-state index in [1.165, 1.54) is 32.1 Å². The topological polar surface area (TPSA) is 78.1 Å². The predicted octanol–water partition coefficient (Wildman–Crippen LogP) is 1.21. The fraction of sp³-hybridized carbons (Fsp3) is 1.00. The van der Waals surface area contributed by atoms with Crippen molar-refractivity contribution in [3.8, 4) is 0 Å². The van der Waals surface area contributed by atoms with E-state index in [0.717, 1.165) is 32.5 Å². The average Bonchev–Trinajstić information content (AvgIpc) is 2.22. The molecular formula is C11H27N3. The summed E-state index contributed by atoms with van der Waals surface area (Å²) in [7, 11) is 0. The van der Waals surface area contributed by atoms with Crippen LogP contribution in [0, 0.1) is 5.92 Å². The third-order valence-electron chi connectivity index (χ3n) is 2.72. The summed E-state index contributed by atoms with van der Waals surface area (Å²) in [5, 5.41) is 0. The summed E-state index contributed by atoms with van der Waals surface area (Å²) in [5.41, 5.74) is 16.6. The molecule has 3 heteroatoms. The first-order chi connectivity index (χ1) is 6.85. The van der Waals surface area contributed by atoms with Gasteiger partial charge in [-0.2, -0.15) is 0 Å². The zero-order valence-corrected chi connectivity index (χ0v) is 9.38. The summed E-state index contributed by atoms with van der Waals surface area (Å²) in [6, 6.07) is 0. The maximum Gasteiger partial charge on any atom is -0.00489 e. The molecule has 0 radical (unpaired) electrons. The van der Waals surface area contributed by atoms with Crippen LogP contribution in [0.2, 0.25) is 0 Å². The lowest BCUT2D eigenvalue weighted by Gasteiger charge is -2.13. The molecule has 6 N–H and O–H groups in total. The summed E-state index contributed by atoms with van der Waals surface area (Å²) in [6.45, 7) is 2.44. The van der Waals surface area contributed by atoms with E-state index in [-0.39, 0.29) is 0 Å². The largest absolute Gasteiger partial charge is 0.330 e. The smallest absolute Gasteiger partial charge is 0.00489 e. The summed E-state index contributed by atoms with van der Waals surface area (Å²) >= 11 is 0. The standard InChI is InChI=1S/C11H27N3/c12-8-4-2-1-3-6-11(10-14)7-5-9-13/h11H,1-10,12-14H2. The monoisotopic (exact) mass is 201 g/mol. The summed E-state index contributed by atoms with van der Waals surface area (Å²) < 4.78 is 0. The van der Waals surface area contributed by atoms with Gasteiger partial charge in [0.05, 0.1) is 0 Å². The van der Waals surface area contributed by atoms with Gasteiger partial charge in [-0.1, -0.05) is 19.3 Å². The third kappa shape index (κ3) is 8.48. The van der Waals surface area contributed by atoms with Gasteiger partial charge in [-0.3, -0.25) is 0 Å². The fourth-order valence-corrected chi connectivity index (χ4v) is 1.72. The van der Waals surface area contributed by atoms with Gasteiger partial charge in [0.2, 0.25) is 0 Å². The molecule has 0 fully saturated rings. The van der Waals surface area contributed by atoms with Crippen LogP contribution in [0.1, 0.15) is 44.9 Å². The van der Waals surface area contributed by atoms with E-state index in [1.54, 1.807) is 0 Å². The Morgan fingerprint density at radius 2 is 1.21 bits per heavy atom. The van der Waals surface area contributed by atoms with E-state index >= 15 is 0 Å². The third-order valence-corrected chi connectivity index (χ3v) is 2.72. The van der Waals surface area contributed by atoms with Gasteiger partial charge in [-0.25, -0.2) is 0 Å². The lowest BCUT2D eigenvalue weighted by molar-refractivity contribution is 0.425. The lowest BCUT2D eigenvalue weighted by Crippen LogP contribution is -2.15. The quantitative estimate of drug-likeness (QED) is 0.465. The molecule has 0 aromatic carbocycles. The van der Waals surface area contributed by atoms with Crippen LogP contribution in [0.4, 0.5) is 0 Å². The first-order valence-electron chi connectivity index (χ1n) is 5.95. The molecule has 0 aliphatic carbocycles. The van der Waals surface area contributed by atoms with Crippen LogP contribution in [-0.2, 0) is 0 Å². The Morgan fingerprint density at radius 3 is 1.79 bits per heavy atom. The second kappa shape index (κ2) is 11.0. The van der Waals surface area contributed by atoms with E-state index in [2.05, 4.69) is 0 Å². The molecule has 0 saturated heterocycles. The van der Waals surface area contributed by atoms with Crippen LogP contribution in [0.15, 0.2) is 0 Å². The van der Waals surface area contributed by atoms with Crippen molar-refractivity contribution in [2.24, 2.45) is 23.1 Å². The lowest BCUT2D eigenvalue weighted by atomic mass is 9.96. The average molecular weight is 201 g/mol. The number of nitrogens with two attached hydrogens (primary N) is 3. The van der Waals surface area contributed by atoms with Gasteiger partial charge in [-0.05, 0) is 51.2 Å². The highest BCUT2D eigenvalue weighted by molar-refractivity contribution is 4.61. The van der Waals surface area contributed by atoms with Crippen LogP contribution in [0.5, 0.6) is 0 Å². The van der Waals surface area contributed by atoms with E-state index in [4.69, 9.17) is 17.2 Å². The highest BCUT2D eigenvalue weighted by Gasteiger charge is 2.05.